The van der Waals surface area contributed by atoms with Crippen molar-refractivity contribution in [2.24, 2.45) is 0 Å². The van der Waals surface area contributed by atoms with Crippen LogP contribution in [0.5, 0.6) is 0 Å². The molecule has 4 aromatic rings. The molecule has 0 saturated carbocycles. The van der Waals surface area contributed by atoms with Crippen LogP contribution in [0, 0.1) is 0 Å². The van der Waals surface area contributed by atoms with E-state index in [1.165, 1.54) is 45.7 Å². The SMILES string of the molecule is CCC[C]([Pd])(Pc1ccc(-c2ccccc2)cc1)Pc1ccc(-c2ccccc2)cc1.Cl. The van der Waals surface area contributed by atoms with Crippen LogP contribution in [0.3, 0.4) is 0 Å². The van der Waals surface area contributed by atoms with Gasteiger partial charge in [0.15, 0.2) is 0 Å². The summed E-state index contributed by atoms with van der Waals surface area (Å²) in [5.41, 5.74) is 5.12. The van der Waals surface area contributed by atoms with Crippen molar-refractivity contribution in [2.75, 3.05) is 0 Å². The smallest absolute Gasteiger partial charge is 0.147 e. The van der Waals surface area contributed by atoms with Crippen LogP contribution < -0.4 is 10.6 Å². The standard InChI is InChI=1S/C28H27P2.ClH.Pd/c1-2-9-28(29-26-18-14-24(15-19-26)22-10-5-3-6-11-22)30-27-20-16-25(17-21-27)23-12-7-4-8-13-23;;/h3-8,10-21,29-30H,2,9H2,1H3;1H;. The fourth-order valence-electron chi connectivity index (χ4n) is 3.68. The molecule has 4 aromatic carbocycles. The Kier molecular flexibility index (Phi) is 9.68. The van der Waals surface area contributed by atoms with E-state index in [-0.39, 0.29) is 15.8 Å². The average molecular weight is 568 g/mol. The van der Waals surface area contributed by atoms with Crippen LogP contribution >= 0.6 is 29.6 Å². The molecule has 2 unspecified atom stereocenters. The molecule has 2 atom stereocenters. The molecule has 0 radical (unpaired) electrons. The first-order chi connectivity index (χ1) is 15.1. The van der Waals surface area contributed by atoms with E-state index < -0.39 is 0 Å². The zero-order chi connectivity index (χ0) is 21.5. The maximum atomic E-state index is 3.83. The third-order valence-electron chi connectivity index (χ3n) is 5.23. The number of hydrogen-bond acceptors (Lipinski definition) is 0. The van der Waals surface area contributed by atoms with Crippen LogP contribution in [0.1, 0.15) is 19.8 Å². The van der Waals surface area contributed by atoms with Gasteiger partial charge in [-0.25, -0.2) is 0 Å². The Morgan fingerprint density at radius 2 is 0.906 bits per heavy atom. The minimum absolute atomic E-state index is 0. The van der Waals surface area contributed by atoms with Crippen molar-refractivity contribution >= 4 is 40.2 Å². The van der Waals surface area contributed by atoms with Gasteiger partial charge in [-0.15, -0.1) is 12.4 Å². The van der Waals surface area contributed by atoms with Gasteiger partial charge in [0.1, 0.15) is 0 Å². The molecule has 0 aromatic heterocycles. The van der Waals surface area contributed by atoms with E-state index in [1.54, 1.807) is 0 Å². The topological polar surface area (TPSA) is 0 Å². The van der Waals surface area contributed by atoms with Crippen LogP contribution in [-0.4, -0.2) is 3.37 Å². The maximum absolute atomic E-state index is 3.83. The monoisotopic (exact) mass is 567 g/mol. The Morgan fingerprint density at radius 1 is 0.562 bits per heavy atom. The van der Waals surface area contributed by atoms with E-state index in [1.807, 2.05) is 0 Å². The average Bonchev–Trinajstić information content (AvgIpc) is 2.81. The van der Waals surface area contributed by atoms with E-state index >= 15 is 0 Å². The van der Waals surface area contributed by atoms with Gasteiger partial charge in [0.05, 0.1) is 0 Å². The summed E-state index contributed by atoms with van der Waals surface area (Å²) in [7, 11) is 1.50. The van der Waals surface area contributed by atoms with Crippen molar-refractivity contribution in [3.63, 3.8) is 0 Å². The molecule has 4 heteroatoms. The molecule has 0 bridgehead atoms. The van der Waals surface area contributed by atoms with Crippen LogP contribution in [0.25, 0.3) is 22.3 Å². The van der Waals surface area contributed by atoms with Crippen LogP contribution in [-0.2, 0) is 19.2 Å². The molecule has 0 aliphatic heterocycles. The minimum atomic E-state index is 0. The van der Waals surface area contributed by atoms with Gasteiger partial charge in [-0.1, -0.05) is 0 Å². The van der Waals surface area contributed by atoms with Crippen LogP contribution in [0.2, 0.25) is 0 Å². The van der Waals surface area contributed by atoms with E-state index in [0.717, 1.165) is 17.2 Å². The van der Waals surface area contributed by atoms with Crippen molar-refractivity contribution in [2.45, 2.75) is 23.1 Å². The van der Waals surface area contributed by atoms with Gasteiger partial charge >= 0.3 is 202 Å². The van der Waals surface area contributed by atoms with Gasteiger partial charge in [-0.2, -0.15) is 0 Å². The van der Waals surface area contributed by atoms with E-state index in [9.17, 15) is 0 Å². The second kappa shape index (κ2) is 12.2. The predicted octanol–water partition coefficient (Wildman–Crippen LogP) is 7.75. The summed E-state index contributed by atoms with van der Waals surface area (Å²) in [6.07, 6.45) is 2.37. The fraction of sp³-hybridized carbons (Fsp3) is 0.143. The van der Waals surface area contributed by atoms with Crippen LogP contribution in [0.4, 0.5) is 0 Å². The summed E-state index contributed by atoms with van der Waals surface area (Å²) in [5, 5.41) is 2.85. The number of benzene rings is 4. The molecule has 0 N–H and O–H groups in total. The zero-order valence-corrected chi connectivity index (χ0v) is 22.4. The molecular formula is C28H28ClP2Pd. The van der Waals surface area contributed by atoms with Crippen molar-refractivity contribution < 1.29 is 19.2 Å². The third-order valence-corrected chi connectivity index (χ3v) is 10.0. The van der Waals surface area contributed by atoms with E-state index in [4.69, 9.17) is 0 Å². The Hall–Kier alpha value is -1.31. The van der Waals surface area contributed by atoms with E-state index in [2.05, 4.69) is 135 Å². The van der Waals surface area contributed by atoms with Gasteiger partial charge in [0, 0.05) is 0 Å². The molecule has 0 fully saturated rings. The normalized spacial score (nSPS) is 13.3. The maximum Gasteiger partial charge on any atom is -0.147 e. The molecule has 0 spiro atoms. The Morgan fingerprint density at radius 3 is 1.25 bits per heavy atom. The molecule has 32 heavy (non-hydrogen) atoms. The summed E-state index contributed by atoms with van der Waals surface area (Å²) in [4.78, 5) is 0. The quantitative estimate of drug-likeness (QED) is 0.151. The predicted molar refractivity (Wildman–Crippen MR) is 145 cm³/mol. The molecule has 0 amide bonds. The number of hydrogen-bond donors (Lipinski definition) is 0. The minimum Gasteiger partial charge on any atom is -0.147 e. The summed E-state index contributed by atoms with van der Waals surface area (Å²) >= 11 is 3.83. The summed E-state index contributed by atoms with van der Waals surface area (Å²) < 4.78 is 0.167. The Balaban J connectivity index is 0.00000289. The van der Waals surface area contributed by atoms with Gasteiger partial charge in [0.25, 0.3) is 0 Å². The molecule has 167 valence electrons. The second-order valence-electron chi connectivity index (χ2n) is 7.64. The van der Waals surface area contributed by atoms with E-state index in [0.29, 0.717) is 0 Å². The number of halogens is 1. The third kappa shape index (κ3) is 6.85. The second-order valence-corrected chi connectivity index (χ2v) is 14.2. The van der Waals surface area contributed by atoms with Crippen molar-refractivity contribution in [3.8, 4) is 22.3 Å². The van der Waals surface area contributed by atoms with Gasteiger partial charge in [-0.3, -0.25) is 0 Å². The largest absolute Gasteiger partial charge is 0.147 e. The molecule has 0 aliphatic carbocycles. The van der Waals surface area contributed by atoms with Gasteiger partial charge < -0.3 is 0 Å². The molecule has 0 nitrogen and oxygen atoms in total. The molecule has 0 heterocycles. The van der Waals surface area contributed by atoms with Crippen molar-refractivity contribution in [1.82, 2.24) is 0 Å². The Labute approximate surface area is 213 Å². The molecule has 4 rings (SSSR count). The first-order valence-electron chi connectivity index (χ1n) is 10.7. The fourth-order valence-corrected chi connectivity index (χ4v) is 8.83. The van der Waals surface area contributed by atoms with Gasteiger partial charge in [0.2, 0.25) is 0 Å². The number of rotatable bonds is 8. The molecular weight excluding hydrogens is 540 g/mol. The van der Waals surface area contributed by atoms with Gasteiger partial charge in [-0.05, 0) is 0 Å². The van der Waals surface area contributed by atoms with Crippen molar-refractivity contribution in [3.05, 3.63) is 109 Å². The first kappa shape index (κ1) is 25.3. The molecule has 0 saturated heterocycles. The summed E-state index contributed by atoms with van der Waals surface area (Å²) in [6, 6.07) is 39.5. The Bertz CT molecular complexity index is 997. The van der Waals surface area contributed by atoms with Crippen LogP contribution in [0.15, 0.2) is 109 Å². The zero-order valence-electron chi connectivity index (χ0n) is 18.0. The van der Waals surface area contributed by atoms with Crippen molar-refractivity contribution in [1.29, 1.82) is 0 Å². The summed E-state index contributed by atoms with van der Waals surface area (Å²) in [6.45, 7) is 2.29. The first-order valence-corrected chi connectivity index (χ1v) is 13.5. The molecule has 0 aliphatic rings. The summed E-state index contributed by atoms with van der Waals surface area (Å²) in [5.74, 6) is 0.